The molecule has 0 radical (unpaired) electrons. The molecule has 1 saturated heterocycles. The Morgan fingerprint density at radius 1 is 1.17 bits per heavy atom. The van der Waals surface area contributed by atoms with Crippen molar-refractivity contribution >= 4 is 33.0 Å². The second kappa shape index (κ2) is 8.39. The number of para-hydroxylation sites is 1. The molecule has 2 N–H and O–H groups in total. The van der Waals surface area contributed by atoms with E-state index in [0.29, 0.717) is 26.3 Å². The normalized spacial score (nSPS) is 15.6. The number of carbonyl (C=O) groups excluding carboxylic acids is 1. The molecule has 1 aromatic heterocycles. The topological polar surface area (TPSA) is 104 Å². The first kappa shape index (κ1) is 20.3. The fraction of sp³-hybridized carbons (Fsp3) is 0.238. The highest BCUT2D eigenvalue weighted by Gasteiger charge is 2.26. The minimum atomic E-state index is -3.67. The van der Waals surface area contributed by atoms with Crippen LogP contribution in [0.2, 0.25) is 0 Å². The van der Waals surface area contributed by atoms with Crippen LogP contribution in [0.15, 0.2) is 58.5 Å². The highest BCUT2D eigenvalue weighted by molar-refractivity contribution is 7.89. The maximum Gasteiger partial charge on any atom is 0.271 e. The summed E-state index contributed by atoms with van der Waals surface area (Å²) >= 11 is 0. The number of sulfonamides is 1. The van der Waals surface area contributed by atoms with Crippen molar-refractivity contribution < 1.29 is 17.9 Å². The van der Waals surface area contributed by atoms with Gasteiger partial charge in [-0.1, -0.05) is 24.3 Å². The largest absolute Gasteiger partial charge is 0.379 e. The third-order valence-electron chi connectivity index (χ3n) is 5.01. The second-order valence-corrected chi connectivity index (χ2v) is 8.89. The van der Waals surface area contributed by atoms with E-state index in [4.69, 9.17) is 4.74 Å². The summed E-state index contributed by atoms with van der Waals surface area (Å²) in [7, 11) is -3.67. The van der Waals surface area contributed by atoms with Crippen LogP contribution in [0.5, 0.6) is 0 Å². The van der Waals surface area contributed by atoms with Crippen molar-refractivity contribution in [3.8, 4) is 0 Å². The molecular formula is C21H22N4O4S. The van der Waals surface area contributed by atoms with Crippen molar-refractivity contribution in [2.45, 2.75) is 11.8 Å². The van der Waals surface area contributed by atoms with E-state index >= 15 is 0 Å². The van der Waals surface area contributed by atoms with Gasteiger partial charge in [0, 0.05) is 40.8 Å². The van der Waals surface area contributed by atoms with Crippen LogP contribution in [0.25, 0.3) is 10.9 Å². The maximum atomic E-state index is 12.8. The van der Waals surface area contributed by atoms with Gasteiger partial charge in [-0.15, -0.1) is 0 Å². The van der Waals surface area contributed by atoms with Crippen LogP contribution in [0, 0.1) is 6.92 Å². The quantitative estimate of drug-likeness (QED) is 0.482. The van der Waals surface area contributed by atoms with Crippen LogP contribution in [0.1, 0.15) is 21.6 Å². The summed E-state index contributed by atoms with van der Waals surface area (Å²) in [6.07, 6.45) is 1.58. The van der Waals surface area contributed by atoms with E-state index in [9.17, 15) is 13.2 Å². The number of aryl methyl sites for hydroxylation is 1. The van der Waals surface area contributed by atoms with Gasteiger partial charge in [-0.2, -0.15) is 9.41 Å². The predicted octanol–water partition coefficient (Wildman–Crippen LogP) is 2.26. The number of hydrogen-bond acceptors (Lipinski definition) is 5. The van der Waals surface area contributed by atoms with Gasteiger partial charge in [0.05, 0.1) is 24.3 Å². The number of hydrazone groups is 1. The average Bonchev–Trinajstić information content (AvgIpc) is 3.09. The molecule has 30 heavy (non-hydrogen) atoms. The average molecular weight is 426 g/mol. The van der Waals surface area contributed by atoms with Gasteiger partial charge in [0.2, 0.25) is 10.0 Å². The fourth-order valence-corrected chi connectivity index (χ4v) is 4.87. The fourth-order valence-electron chi connectivity index (χ4n) is 3.42. The van der Waals surface area contributed by atoms with Gasteiger partial charge in [-0.3, -0.25) is 4.79 Å². The number of aromatic amines is 1. The Kier molecular flexibility index (Phi) is 5.67. The van der Waals surface area contributed by atoms with Gasteiger partial charge in [0.25, 0.3) is 5.91 Å². The molecule has 2 heterocycles. The summed E-state index contributed by atoms with van der Waals surface area (Å²) in [5.74, 6) is -0.484. The van der Waals surface area contributed by atoms with Gasteiger partial charge in [-0.05, 0) is 31.2 Å². The summed E-state index contributed by atoms with van der Waals surface area (Å²) < 4.78 is 32.2. The van der Waals surface area contributed by atoms with Crippen LogP contribution in [-0.4, -0.2) is 56.1 Å². The number of nitrogens with zero attached hydrogens (tertiary/aromatic N) is 2. The lowest BCUT2D eigenvalue weighted by molar-refractivity contribution is 0.0730. The molecule has 1 amide bonds. The number of carbonyl (C=O) groups is 1. The van der Waals surface area contributed by atoms with Crippen LogP contribution >= 0.6 is 0 Å². The van der Waals surface area contributed by atoms with Gasteiger partial charge in [0.15, 0.2) is 0 Å². The number of fused-ring (bicyclic) bond motifs is 1. The van der Waals surface area contributed by atoms with Gasteiger partial charge in [0.1, 0.15) is 0 Å². The standard InChI is InChI=1S/C21H22N4O4S/c1-15-19(18-7-2-3-8-20(18)23-15)14-22-24-21(26)16-5-4-6-17(13-16)30(27,28)25-9-11-29-12-10-25/h2-8,13-14,23H,9-12H2,1H3,(H,24,26)/b22-14+. The number of nitrogens with one attached hydrogen (secondary N) is 2. The summed E-state index contributed by atoms with van der Waals surface area (Å²) in [5.41, 5.74) is 5.51. The molecule has 0 spiro atoms. The molecule has 1 aliphatic heterocycles. The molecule has 0 saturated carbocycles. The van der Waals surface area contributed by atoms with Crippen molar-refractivity contribution in [3.63, 3.8) is 0 Å². The lowest BCUT2D eigenvalue weighted by atomic mass is 10.1. The number of ether oxygens (including phenoxy) is 1. The predicted molar refractivity (Wildman–Crippen MR) is 114 cm³/mol. The molecule has 0 aliphatic carbocycles. The van der Waals surface area contributed by atoms with Crippen LogP contribution in [0.4, 0.5) is 0 Å². The summed E-state index contributed by atoms with van der Waals surface area (Å²) in [4.78, 5) is 15.9. The number of rotatable bonds is 5. The number of benzene rings is 2. The highest BCUT2D eigenvalue weighted by atomic mass is 32.2. The molecule has 3 aromatic rings. The van der Waals surface area contributed by atoms with Crippen molar-refractivity contribution in [3.05, 3.63) is 65.4 Å². The Bertz CT molecular complexity index is 1210. The van der Waals surface area contributed by atoms with E-state index in [1.54, 1.807) is 18.3 Å². The van der Waals surface area contributed by atoms with E-state index in [2.05, 4.69) is 15.5 Å². The molecule has 9 heteroatoms. The first-order chi connectivity index (χ1) is 14.5. The molecule has 4 rings (SSSR count). The van der Waals surface area contributed by atoms with Crippen LogP contribution < -0.4 is 5.43 Å². The van der Waals surface area contributed by atoms with E-state index in [1.807, 2.05) is 31.2 Å². The molecule has 1 fully saturated rings. The molecule has 156 valence electrons. The number of hydrogen-bond donors (Lipinski definition) is 2. The smallest absolute Gasteiger partial charge is 0.271 e. The monoisotopic (exact) mass is 426 g/mol. The van der Waals surface area contributed by atoms with E-state index < -0.39 is 15.9 Å². The van der Waals surface area contributed by atoms with Gasteiger partial charge >= 0.3 is 0 Å². The Balaban J connectivity index is 1.51. The zero-order chi connectivity index (χ0) is 21.1. The molecular weight excluding hydrogens is 404 g/mol. The summed E-state index contributed by atoms with van der Waals surface area (Å²) in [5, 5.41) is 5.07. The Morgan fingerprint density at radius 2 is 1.93 bits per heavy atom. The van der Waals surface area contributed by atoms with Crippen molar-refractivity contribution in [1.29, 1.82) is 0 Å². The number of aromatic nitrogens is 1. The van der Waals surface area contributed by atoms with Crippen molar-refractivity contribution in [2.75, 3.05) is 26.3 Å². The lowest BCUT2D eigenvalue weighted by Gasteiger charge is -2.26. The molecule has 0 atom stereocenters. The number of amides is 1. The third kappa shape index (κ3) is 4.00. The Labute approximate surface area is 174 Å². The summed E-state index contributed by atoms with van der Waals surface area (Å²) in [6.45, 7) is 3.26. The Morgan fingerprint density at radius 3 is 2.73 bits per heavy atom. The molecule has 8 nitrogen and oxygen atoms in total. The molecule has 0 bridgehead atoms. The first-order valence-electron chi connectivity index (χ1n) is 9.55. The second-order valence-electron chi connectivity index (χ2n) is 6.95. The zero-order valence-corrected chi connectivity index (χ0v) is 17.3. The first-order valence-corrected chi connectivity index (χ1v) is 11.0. The van der Waals surface area contributed by atoms with Crippen LogP contribution in [-0.2, 0) is 14.8 Å². The minimum Gasteiger partial charge on any atom is -0.379 e. The number of H-pyrrole nitrogens is 1. The van der Waals surface area contributed by atoms with Gasteiger partial charge < -0.3 is 9.72 Å². The molecule has 2 aromatic carbocycles. The van der Waals surface area contributed by atoms with Crippen molar-refractivity contribution in [2.24, 2.45) is 5.10 Å². The van der Waals surface area contributed by atoms with Crippen molar-refractivity contribution in [1.82, 2.24) is 14.7 Å². The third-order valence-corrected chi connectivity index (χ3v) is 6.90. The SMILES string of the molecule is Cc1[nH]c2ccccc2c1/C=N/NC(=O)c1cccc(S(=O)(=O)N2CCOCC2)c1. The van der Waals surface area contributed by atoms with Gasteiger partial charge in [-0.25, -0.2) is 13.8 Å². The van der Waals surface area contributed by atoms with E-state index in [0.717, 1.165) is 22.2 Å². The lowest BCUT2D eigenvalue weighted by Crippen LogP contribution is -2.40. The zero-order valence-electron chi connectivity index (χ0n) is 16.5. The molecule has 0 unspecified atom stereocenters. The van der Waals surface area contributed by atoms with Crippen LogP contribution in [0.3, 0.4) is 0 Å². The van der Waals surface area contributed by atoms with E-state index in [-0.39, 0.29) is 10.5 Å². The number of morpholine rings is 1. The molecule has 1 aliphatic rings. The maximum absolute atomic E-state index is 12.8. The Hall–Kier alpha value is -3.01. The minimum absolute atomic E-state index is 0.0773. The highest BCUT2D eigenvalue weighted by Crippen LogP contribution is 2.20. The summed E-state index contributed by atoms with van der Waals surface area (Å²) in [6, 6.07) is 13.8. The van der Waals surface area contributed by atoms with E-state index in [1.165, 1.54) is 16.4 Å².